The van der Waals surface area contributed by atoms with Gasteiger partial charge in [-0.2, -0.15) is 0 Å². The number of aryl methyl sites for hydroxylation is 1. The van der Waals surface area contributed by atoms with Crippen LogP contribution in [-0.2, 0) is 11.3 Å². The molecule has 0 aliphatic carbocycles. The minimum Gasteiger partial charge on any atom is -0.494 e. The number of imidazole rings is 1. The van der Waals surface area contributed by atoms with Gasteiger partial charge in [-0.25, -0.2) is 9.97 Å². The summed E-state index contributed by atoms with van der Waals surface area (Å²) in [4.78, 5) is 22.1. The molecule has 0 bridgehead atoms. The van der Waals surface area contributed by atoms with Gasteiger partial charge in [-0.05, 0) is 30.7 Å². The van der Waals surface area contributed by atoms with Crippen LogP contribution in [0.2, 0.25) is 0 Å². The van der Waals surface area contributed by atoms with E-state index < -0.39 is 0 Å². The van der Waals surface area contributed by atoms with Gasteiger partial charge in [0.2, 0.25) is 5.91 Å². The van der Waals surface area contributed by atoms with Gasteiger partial charge in [-0.15, -0.1) is 0 Å². The summed E-state index contributed by atoms with van der Waals surface area (Å²) in [6, 6.07) is 14.0. The number of carbonyl (C=O) groups excluding carboxylic acids is 1. The Labute approximate surface area is 162 Å². The summed E-state index contributed by atoms with van der Waals surface area (Å²) < 4.78 is 7.60. The van der Waals surface area contributed by atoms with Crippen molar-refractivity contribution in [1.82, 2.24) is 19.7 Å². The number of methoxy groups -OCH3 is 1. The molecule has 0 radical (unpaired) electrons. The van der Waals surface area contributed by atoms with E-state index in [1.165, 1.54) is 0 Å². The second-order valence-corrected chi connectivity index (χ2v) is 7.18. The van der Waals surface area contributed by atoms with Crippen molar-refractivity contribution in [3.8, 4) is 5.75 Å². The molecule has 1 atom stereocenters. The molecule has 0 saturated heterocycles. The Morgan fingerprint density at radius 2 is 2.04 bits per heavy atom. The summed E-state index contributed by atoms with van der Waals surface area (Å²) in [5.74, 6) is 0.557. The molecular formula is C22H20N4O2. The molecule has 0 saturated carbocycles. The van der Waals surface area contributed by atoms with Crippen LogP contribution in [0.1, 0.15) is 35.0 Å². The standard InChI is InChI=1S/C22H20N4O2/c1-13-6-9-19-24-17-11-23-20(27)10-15(22(17)26(19)12-13)16-8-7-14-4-3-5-18(28-2)21(14)25-16/h3-9,12,15H,10-11H2,1-2H3,(H,23,27). The Morgan fingerprint density at radius 1 is 1.14 bits per heavy atom. The first-order chi connectivity index (χ1) is 13.6. The molecule has 0 spiro atoms. The molecule has 140 valence electrons. The highest BCUT2D eigenvalue weighted by Gasteiger charge is 2.30. The molecule has 5 rings (SSSR count). The lowest BCUT2D eigenvalue weighted by molar-refractivity contribution is -0.121. The van der Waals surface area contributed by atoms with Gasteiger partial charge in [0.1, 0.15) is 16.9 Å². The van der Waals surface area contributed by atoms with E-state index in [4.69, 9.17) is 14.7 Å². The third-order valence-corrected chi connectivity index (χ3v) is 5.33. The van der Waals surface area contributed by atoms with Gasteiger partial charge in [-0.3, -0.25) is 4.79 Å². The zero-order chi connectivity index (χ0) is 19.3. The SMILES string of the molecule is COc1cccc2ccc(C3CC(=O)NCc4nc5ccc(C)cn5c43)nc12. The first kappa shape index (κ1) is 16.7. The summed E-state index contributed by atoms with van der Waals surface area (Å²) in [6.07, 6.45) is 2.41. The minimum atomic E-state index is -0.177. The number of rotatable bonds is 2. The number of ether oxygens (including phenoxy) is 1. The largest absolute Gasteiger partial charge is 0.494 e. The van der Waals surface area contributed by atoms with Crippen molar-refractivity contribution in [2.24, 2.45) is 0 Å². The monoisotopic (exact) mass is 372 g/mol. The number of benzene rings is 1. The topological polar surface area (TPSA) is 68.5 Å². The number of hydrogen-bond donors (Lipinski definition) is 1. The molecule has 1 amide bonds. The molecule has 4 aromatic rings. The molecule has 28 heavy (non-hydrogen) atoms. The van der Waals surface area contributed by atoms with Crippen LogP contribution in [0.5, 0.6) is 5.75 Å². The van der Waals surface area contributed by atoms with Crippen LogP contribution in [0, 0.1) is 6.92 Å². The molecule has 3 aromatic heterocycles. The molecule has 6 nitrogen and oxygen atoms in total. The predicted molar refractivity (Wildman–Crippen MR) is 107 cm³/mol. The molecule has 0 fully saturated rings. The van der Waals surface area contributed by atoms with Crippen molar-refractivity contribution in [2.75, 3.05) is 7.11 Å². The number of amides is 1. The summed E-state index contributed by atoms with van der Waals surface area (Å²) >= 11 is 0. The third kappa shape index (κ3) is 2.60. The summed E-state index contributed by atoms with van der Waals surface area (Å²) in [7, 11) is 1.65. The molecule has 1 unspecified atom stereocenters. The van der Waals surface area contributed by atoms with E-state index in [-0.39, 0.29) is 11.8 Å². The molecular weight excluding hydrogens is 352 g/mol. The van der Waals surface area contributed by atoms with Crippen LogP contribution in [0.15, 0.2) is 48.7 Å². The van der Waals surface area contributed by atoms with Gasteiger partial charge < -0.3 is 14.5 Å². The highest BCUT2D eigenvalue weighted by Crippen LogP contribution is 2.34. The summed E-state index contributed by atoms with van der Waals surface area (Å²) in [5, 5.41) is 3.98. The van der Waals surface area contributed by atoms with Gasteiger partial charge in [0.25, 0.3) is 0 Å². The van der Waals surface area contributed by atoms with E-state index in [0.29, 0.717) is 13.0 Å². The maximum absolute atomic E-state index is 12.4. The fourth-order valence-electron chi connectivity index (χ4n) is 3.99. The van der Waals surface area contributed by atoms with Gasteiger partial charge in [0.05, 0.1) is 36.7 Å². The molecule has 1 aromatic carbocycles. The molecule has 1 aliphatic heterocycles. The van der Waals surface area contributed by atoms with Crippen LogP contribution < -0.4 is 10.1 Å². The van der Waals surface area contributed by atoms with E-state index in [0.717, 1.165) is 44.9 Å². The van der Waals surface area contributed by atoms with Gasteiger partial charge >= 0.3 is 0 Å². The first-order valence-electron chi connectivity index (χ1n) is 9.32. The second kappa shape index (κ2) is 6.34. The number of para-hydroxylation sites is 1. The number of hydrogen-bond acceptors (Lipinski definition) is 4. The van der Waals surface area contributed by atoms with Crippen LogP contribution in [0.4, 0.5) is 0 Å². The quantitative estimate of drug-likeness (QED) is 0.586. The fraction of sp³-hybridized carbons (Fsp3) is 0.227. The summed E-state index contributed by atoms with van der Waals surface area (Å²) in [6.45, 7) is 2.49. The second-order valence-electron chi connectivity index (χ2n) is 7.18. The van der Waals surface area contributed by atoms with E-state index in [1.54, 1.807) is 7.11 Å². The van der Waals surface area contributed by atoms with Crippen molar-refractivity contribution < 1.29 is 9.53 Å². The lowest BCUT2D eigenvalue weighted by atomic mass is 9.95. The van der Waals surface area contributed by atoms with Crippen molar-refractivity contribution in [3.63, 3.8) is 0 Å². The number of pyridine rings is 2. The van der Waals surface area contributed by atoms with Gasteiger partial charge in [-0.1, -0.05) is 24.3 Å². The molecule has 6 heteroatoms. The van der Waals surface area contributed by atoms with E-state index in [9.17, 15) is 4.79 Å². The number of nitrogens with one attached hydrogen (secondary N) is 1. The number of fused-ring (bicyclic) bond motifs is 4. The Kier molecular flexibility index (Phi) is 3.79. The maximum Gasteiger partial charge on any atom is 0.221 e. The first-order valence-corrected chi connectivity index (χ1v) is 9.32. The van der Waals surface area contributed by atoms with Gasteiger partial charge in [0, 0.05) is 18.0 Å². The number of aromatic nitrogens is 3. The Hall–Kier alpha value is -3.41. The van der Waals surface area contributed by atoms with Crippen molar-refractivity contribution >= 4 is 22.5 Å². The predicted octanol–water partition coefficient (Wildman–Crippen LogP) is 3.35. The normalized spacial score (nSPS) is 16.6. The summed E-state index contributed by atoms with van der Waals surface area (Å²) in [5.41, 5.74) is 5.60. The maximum atomic E-state index is 12.4. The minimum absolute atomic E-state index is 0.00586. The van der Waals surface area contributed by atoms with Crippen LogP contribution in [-0.4, -0.2) is 27.4 Å². The van der Waals surface area contributed by atoms with Crippen molar-refractivity contribution in [3.05, 3.63) is 71.3 Å². The lowest BCUT2D eigenvalue weighted by Crippen LogP contribution is -2.21. The van der Waals surface area contributed by atoms with Gasteiger partial charge in [0.15, 0.2) is 0 Å². The smallest absolute Gasteiger partial charge is 0.221 e. The Balaban J connectivity index is 1.75. The highest BCUT2D eigenvalue weighted by atomic mass is 16.5. The van der Waals surface area contributed by atoms with E-state index in [1.807, 2.05) is 42.5 Å². The average molecular weight is 372 g/mol. The fourth-order valence-corrected chi connectivity index (χ4v) is 3.99. The van der Waals surface area contributed by atoms with Crippen LogP contribution in [0.3, 0.4) is 0 Å². The zero-order valence-corrected chi connectivity index (χ0v) is 15.8. The van der Waals surface area contributed by atoms with Crippen molar-refractivity contribution in [1.29, 1.82) is 0 Å². The zero-order valence-electron chi connectivity index (χ0n) is 15.8. The number of carbonyl (C=O) groups is 1. The number of nitrogens with zero attached hydrogens (tertiary/aromatic N) is 3. The van der Waals surface area contributed by atoms with Crippen LogP contribution in [0.25, 0.3) is 16.6 Å². The lowest BCUT2D eigenvalue weighted by Gasteiger charge is -2.16. The average Bonchev–Trinajstić information content (AvgIpc) is 2.98. The Morgan fingerprint density at radius 3 is 2.89 bits per heavy atom. The van der Waals surface area contributed by atoms with E-state index in [2.05, 4.69) is 22.8 Å². The van der Waals surface area contributed by atoms with E-state index >= 15 is 0 Å². The van der Waals surface area contributed by atoms with Crippen molar-refractivity contribution in [2.45, 2.75) is 25.8 Å². The molecule has 1 aliphatic rings. The molecule has 1 N–H and O–H groups in total. The highest BCUT2D eigenvalue weighted by molar-refractivity contribution is 5.85. The molecule has 4 heterocycles. The third-order valence-electron chi connectivity index (χ3n) is 5.33. The van der Waals surface area contributed by atoms with Crippen LogP contribution >= 0.6 is 0 Å². The Bertz CT molecular complexity index is 1230.